The lowest BCUT2D eigenvalue weighted by atomic mass is 9.95. The molecule has 0 spiro atoms. The number of nitrogens with one attached hydrogen (secondary N) is 2. The van der Waals surface area contributed by atoms with Gasteiger partial charge < -0.3 is 24.8 Å². The Morgan fingerprint density at radius 1 is 1.05 bits per heavy atom. The molecule has 1 fully saturated rings. The van der Waals surface area contributed by atoms with Gasteiger partial charge >= 0.3 is 0 Å². The zero-order chi connectivity index (χ0) is 27.6. The topological polar surface area (TPSA) is 84.3 Å². The zero-order valence-electron chi connectivity index (χ0n) is 22.5. The van der Waals surface area contributed by atoms with Gasteiger partial charge in [-0.05, 0) is 60.7 Å². The van der Waals surface area contributed by atoms with Crippen molar-refractivity contribution in [1.29, 1.82) is 0 Å². The van der Waals surface area contributed by atoms with Gasteiger partial charge in [0.1, 0.15) is 11.8 Å². The van der Waals surface area contributed by atoms with Crippen LogP contribution in [0.15, 0.2) is 85.3 Å². The highest BCUT2D eigenvalue weighted by molar-refractivity contribution is 7.80. The monoisotopic (exact) mass is 540 g/mol. The van der Waals surface area contributed by atoms with Gasteiger partial charge in [-0.3, -0.25) is 14.8 Å². The second-order valence-corrected chi connectivity index (χ2v) is 10.9. The SMILES string of the molecule is COc1cc(N2C(=S)NC(c3ccccn3)C2c2cccn2Cc2ccccn2)ccc1NC(=O)C(C)(C)C. The Balaban J connectivity index is 1.56. The van der Waals surface area contributed by atoms with Crippen molar-refractivity contribution in [2.45, 2.75) is 39.4 Å². The number of hydrogen-bond donors (Lipinski definition) is 2. The second-order valence-electron chi connectivity index (χ2n) is 10.5. The number of rotatable bonds is 7. The molecule has 1 amide bonds. The van der Waals surface area contributed by atoms with Crippen LogP contribution in [-0.4, -0.2) is 32.7 Å². The van der Waals surface area contributed by atoms with Gasteiger partial charge in [0.15, 0.2) is 5.11 Å². The number of amides is 1. The summed E-state index contributed by atoms with van der Waals surface area (Å²) in [5.41, 5.74) is 3.82. The molecule has 2 atom stereocenters. The van der Waals surface area contributed by atoms with Crippen LogP contribution in [0, 0.1) is 5.41 Å². The molecule has 0 radical (unpaired) electrons. The third kappa shape index (κ3) is 5.49. The molecule has 0 aliphatic carbocycles. The summed E-state index contributed by atoms with van der Waals surface area (Å²) < 4.78 is 7.90. The molecule has 200 valence electrons. The van der Waals surface area contributed by atoms with Crippen LogP contribution >= 0.6 is 12.2 Å². The van der Waals surface area contributed by atoms with E-state index in [1.807, 2.05) is 81.4 Å². The second kappa shape index (κ2) is 10.9. The average molecular weight is 541 g/mol. The van der Waals surface area contributed by atoms with Gasteiger partial charge in [0, 0.05) is 41.5 Å². The van der Waals surface area contributed by atoms with E-state index in [9.17, 15) is 4.79 Å². The normalized spacial score (nSPS) is 17.1. The number of pyridine rings is 2. The molecule has 1 aliphatic rings. The first-order chi connectivity index (χ1) is 18.8. The van der Waals surface area contributed by atoms with Crippen LogP contribution in [0.3, 0.4) is 0 Å². The Morgan fingerprint density at radius 2 is 1.82 bits per heavy atom. The standard InChI is InChI=1S/C30H32N6O2S/c1-30(2,3)28(37)33-22-14-13-21(18-25(22)38-4)36-27(26(34-29(36)39)23-11-6-8-16-32-23)24-12-9-17-35(24)19-20-10-5-7-15-31-20/h5-18,26-27H,19H2,1-4H3,(H,33,37)(H,34,39). The highest BCUT2D eigenvalue weighted by Gasteiger charge is 2.42. The number of thiocarbonyl (C=S) groups is 1. The van der Waals surface area contributed by atoms with E-state index < -0.39 is 5.41 Å². The number of nitrogens with zero attached hydrogens (tertiary/aromatic N) is 4. The summed E-state index contributed by atoms with van der Waals surface area (Å²) >= 11 is 5.91. The predicted molar refractivity (Wildman–Crippen MR) is 157 cm³/mol. The number of carbonyl (C=O) groups is 1. The quantitative estimate of drug-likeness (QED) is 0.300. The van der Waals surface area contributed by atoms with Crippen molar-refractivity contribution in [1.82, 2.24) is 19.9 Å². The fraction of sp³-hybridized carbons (Fsp3) is 0.267. The van der Waals surface area contributed by atoms with E-state index in [0.717, 1.165) is 22.8 Å². The number of anilines is 2. The van der Waals surface area contributed by atoms with E-state index in [1.54, 1.807) is 19.5 Å². The molecule has 4 heterocycles. The van der Waals surface area contributed by atoms with E-state index in [2.05, 4.69) is 42.3 Å². The Hall–Kier alpha value is -4.24. The molecule has 2 N–H and O–H groups in total. The summed E-state index contributed by atoms with van der Waals surface area (Å²) in [5, 5.41) is 7.07. The molecule has 1 saturated heterocycles. The van der Waals surface area contributed by atoms with E-state index in [0.29, 0.717) is 23.1 Å². The van der Waals surface area contributed by atoms with Gasteiger partial charge in [-0.15, -0.1) is 0 Å². The lowest BCUT2D eigenvalue weighted by Gasteiger charge is -2.29. The fourth-order valence-corrected chi connectivity index (χ4v) is 5.03. The first kappa shape index (κ1) is 26.4. The third-order valence-electron chi connectivity index (χ3n) is 6.72. The van der Waals surface area contributed by atoms with Crippen molar-refractivity contribution in [2.75, 3.05) is 17.3 Å². The van der Waals surface area contributed by atoms with Crippen LogP contribution < -0.4 is 20.3 Å². The van der Waals surface area contributed by atoms with Crippen molar-refractivity contribution >= 4 is 34.6 Å². The van der Waals surface area contributed by atoms with Gasteiger partial charge in [-0.2, -0.15) is 0 Å². The van der Waals surface area contributed by atoms with E-state index in [1.165, 1.54) is 0 Å². The predicted octanol–water partition coefficient (Wildman–Crippen LogP) is 5.50. The summed E-state index contributed by atoms with van der Waals surface area (Å²) in [6, 6.07) is 21.3. The molecule has 1 aromatic carbocycles. The Bertz CT molecular complexity index is 1470. The van der Waals surface area contributed by atoms with Crippen molar-refractivity contribution in [3.63, 3.8) is 0 Å². The zero-order valence-corrected chi connectivity index (χ0v) is 23.3. The highest BCUT2D eigenvalue weighted by atomic mass is 32.1. The fourth-order valence-electron chi connectivity index (χ4n) is 4.68. The summed E-state index contributed by atoms with van der Waals surface area (Å²) in [4.78, 5) is 23.9. The number of hydrogen-bond acceptors (Lipinski definition) is 5. The Morgan fingerprint density at radius 3 is 2.49 bits per heavy atom. The molecule has 1 aliphatic heterocycles. The van der Waals surface area contributed by atoms with Crippen LogP contribution in [-0.2, 0) is 11.3 Å². The van der Waals surface area contributed by atoms with Crippen LogP contribution in [0.5, 0.6) is 5.75 Å². The first-order valence-electron chi connectivity index (χ1n) is 12.8. The average Bonchev–Trinajstić information content (AvgIpc) is 3.52. The largest absolute Gasteiger partial charge is 0.494 e. The lowest BCUT2D eigenvalue weighted by molar-refractivity contribution is -0.123. The number of carbonyl (C=O) groups excluding carboxylic acids is 1. The minimum atomic E-state index is -0.538. The van der Waals surface area contributed by atoms with Gasteiger partial charge in [0.2, 0.25) is 5.91 Å². The van der Waals surface area contributed by atoms with Crippen molar-refractivity contribution in [3.05, 3.63) is 102 Å². The molecule has 4 aromatic rings. The van der Waals surface area contributed by atoms with Crippen molar-refractivity contribution < 1.29 is 9.53 Å². The number of methoxy groups -OCH3 is 1. The van der Waals surface area contributed by atoms with E-state index in [4.69, 9.17) is 17.0 Å². The van der Waals surface area contributed by atoms with Crippen molar-refractivity contribution in [3.8, 4) is 5.75 Å². The third-order valence-corrected chi connectivity index (χ3v) is 7.03. The first-order valence-corrected chi connectivity index (χ1v) is 13.2. The molecular formula is C30H32N6O2S. The van der Waals surface area contributed by atoms with Crippen molar-refractivity contribution in [2.24, 2.45) is 5.41 Å². The Labute approximate surface area is 234 Å². The van der Waals surface area contributed by atoms with Crippen LogP contribution in [0.4, 0.5) is 11.4 Å². The molecule has 39 heavy (non-hydrogen) atoms. The highest BCUT2D eigenvalue weighted by Crippen LogP contribution is 2.43. The van der Waals surface area contributed by atoms with Gasteiger partial charge in [-0.25, -0.2) is 0 Å². The summed E-state index contributed by atoms with van der Waals surface area (Å²) in [6.45, 7) is 6.25. The molecule has 5 rings (SSSR count). The molecule has 9 heteroatoms. The summed E-state index contributed by atoms with van der Waals surface area (Å²) in [5.74, 6) is 0.462. The van der Waals surface area contributed by atoms with Crippen LogP contribution in [0.25, 0.3) is 0 Å². The van der Waals surface area contributed by atoms with Gasteiger partial charge in [-0.1, -0.05) is 32.9 Å². The lowest BCUT2D eigenvalue weighted by Crippen LogP contribution is -2.31. The number of benzene rings is 1. The number of ether oxygens (including phenoxy) is 1. The molecule has 0 saturated carbocycles. The molecule has 2 unspecified atom stereocenters. The van der Waals surface area contributed by atoms with Gasteiger partial charge in [0.05, 0.1) is 36.8 Å². The molecule has 8 nitrogen and oxygen atoms in total. The molecule has 3 aromatic heterocycles. The van der Waals surface area contributed by atoms with E-state index in [-0.39, 0.29) is 18.0 Å². The summed E-state index contributed by atoms with van der Waals surface area (Å²) in [6.07, 6.45) is 5.66. The summed E-state index contributed by atoms with van der Waals surface area (Å²) in [7, 11) is 1.60. The Kier molecular flexibility index (Phi) is 7.34. The maximum absolute atomic E-state index is 12.7. The van der Waals surface area contributed by atoms with Crippen LogP contribution in [0.2, 0.25) is 0 Å². The maximum Gasteiger partial charge on any atom is 0.229 e. The van der Waals surface area contributed by atoms with Gasteiger partial charge in [0.25, 0.3) is 0 Å². The number of aromatic nitrogens is 3. The molecule has 0 bridgehead atoms. The maximum atomic E-state index is 12.7. The van der Waals surface area contributed by atoms with E-state index >= 15 is 0 Å². The molecular weight excluding hydrogens is 508 g/mol. The minimum Gasteiger partial charge on any atom is -0.494 e. The minimum absolute atomic E-state index is 0.0904. The smallest absolute Gasteiger partial charge is 0.229 e. The van der Waals surface area contributed by atoms with Crippen LogP contribution in [0.1, 0.15) is 49.9 Å².